The molecule has 3 rings (SSSR count). The Morgan fingerprint density at radius 2 is 2.05 bits per heavy atom. The van der Waals surface area contributed by atoms with Crippen LogP contribution in [0.1, 0.15) is 18.4 Å². The van der Waals surface area contributed by atoms with Gasteiger partial charge in [0.1, 0.15) is 10.9 Å². The molecule has 1 heterocycles. The van der Waals surface area contributed by atoms with Crippen LogP contribution in [0.25, 0.3) is 5.70 Å². The number of aliphatic imine (C=N–C) groups is 1. The van der Waals surface area contributed by atoms with Crippen molar-refractivity contribution in [1.82, 2.24) is 4.98 Å². The van der Waals surface area contributed by atoms with Gasteiger partial charge in [0.05, 0.1) is 18.0 Å². The largest absolute Gasteiger partial charge is 0.453 e. The molecule has 4 nitrogen and oxygen atoms in total. The first-order valence-corrected chi connectivity index (χ1v) is 7.48. The number of nitrogens with zero attached hydrogens (tertiary/aromatic N) is 2. The van der Waals surface area contributed by atoms with E-state index in [2.05, 4.69) is 9.98 Å². The summed E-state index contributed by atoms with van der Waals surface area (Å²) < 4.78 is 5.87. The molecule has 0 aliphatic heterocycles. The first kappa shape index (κ1) is 14.6. The quantitative estimate of drug-likeness (QED) is 0.520. The lowest BCUT2D eigenvalue weighted by molar-refractivity contribution is 0.457. The number of allylic oxidation sites excluding steroid dienone is 1. The third-order valence-electron chi connectivity index (χ3n) is 3.23. The van der Waals surface area contributed by atoms with Crippen LogP contribution in [-0.4, -0.2) is 17.2 Å². The molecule has 0 radical (unpaired) electrons. The predicted octanol–water partition coefficient (Wildman–Crippen LogP) is 3.67. The molecule has 1 aromatic carbocycles. The van der Waals surface area contributed by atoms with Crippen molar-refractivity contribution in [2.75, 3.05) is 0 Å². The van der Waals surface area contributed by atoms with Gasteiger partial charge in [-0.15, -0.1) is 0 Å². The molecule has 1 aliphatic carbocycles. The molecular formula is C17H16ClN3O. The number of hydrogen-bond acceptors (Lipinski definition) is 4. The van der Waals surface area contributed by atoms with Gasteiger partial charge in [-0.25, -0.2) is 4.98 Å². The monoisotopic (exact) mass is 313 g/mol. The summed E-state index contributed by atoms with van der Waals surface area (Å²) in [5.41, 5.74) is 7.68. The Hall–Kier alpha value is -2.33. The van der Waals surface area contributed by atoms with Crippen molar-refractivity contribution >= 4 is 23.5 Å². The molecule has 0 spiro atoms. The van der Waals surface area contributed by atoms with Crippen molar-refractivity contribution in [1.29, 1.82) is 0 Å². The maximum absolute atomic E-state index is 6.25. The van der Waals surface area contributed by atoms with Crippen molar-refractivity contribution < 1.29 is 4.74 Å². The third-order valence-corrected chi connectivity index (χ3v) is 3.43. The van der Waals surface area contributed by atoms with Gasteiger partial charge in [-0.3, -0.25) is 4.99 Å². The van der Waals surface area contributed by atoms with Crippen LogP contribution in [0, 0.1) is 0 Å². The lowest BCUT2D eigenvalue weighted by Crippen LogP contribution is -2.08. The molecule has 112 valence electrons. The highest BCUT2D eigenvalue weighted by Crippen LogP contribution is 2.25. The van der Waals surface area contributed by atoms with Crippen LogP contribution in [0.15, 0.2) is 59.4 Å². The number of aromatic nitrogens is 1. The summed E-state index contributed by atoms with van der Waals surface area (Å²) in [4.78, 5) is 8.40. The maximum atomic E-state index is 6.25. The summed E-state index contributed by atoms with van der Waals surface area (Å²) in [6, 6.07) is 13.4. The lowest BCUT2D eigenvalue weighted by Gasteiger charge is -2.10. The van der Waals surface area contributed by atoms with E-state index in [-0.39, 0.29) is 0 Å². The minimum Gasteiger partial charge on any atom is -0.453 e. The van der Waals surface area contributed by atoms with E-state index in [0.717, 1.165) is 18.4 Å². The fraction of sp³-hybridized carbons (Fsp3) is 0.176. The zero-order valence-electron chi connectivity index (χ0n) is 11.9. The lowest BCUT2D eigenvalue weighted by atomic mass is 10.1. The number of rotatable bonds is 5. The molecule has 1 aromatic heterocycles. The Morgan fingerprint density at radius 1 is 1.27 bits per heavy atom. The fourth-order valence-electron chi connectivity index (χ4n) is 1.88. The molecule has 22 heavy (non-hydrogen) atoms. The van der Waals surface area contributed by atoms with Gasteiger partial charge in [0.2, 0.25) is 0 Å². The molecule has 1 saturated carbocycles. The maximum Gasteiger partial charge on any atom is 0.168 e. The van der Waals surface area contributed by atoms with Crippen LogP contribution in [-0.2, 0) is 0 Å². The normalized spacial score (nSPS) is 15.7. The van der Waals surface area contributed by atoms with Crippen molar-refractivity contribution in [3.63, 3.8) is 0 Å². The van der Waals surface area contributed by atoms with E-state index in [9.17, 15) is 0 Å². The molecule has 0 atom stereocenters. The highest BCUT2D eigenvalue weighted by molar-refractivity contribution is 6.29. The van der Waals surface area contributed by atoms with Gasteiger partial charge in [-0.2, -0.15) is 0 Å². The second kappa shape index (κ2) is 6.62. The van der Waals surface area contributed by atoms with Crippen LogP contribution in [0.3, 0.4) is 0 Å². The van der Waals surface area contributed by atoms with Gasteiger partial charge >= 0.3 is 0 Å². The predicted molar refractivity (Wildman–Crippen MR) is 88.9 cm³/mol. The third kappa shape index (κ3) is 3.86. The van der Waals surface area contributed by atoms with Crippen molar-refractivity contribution in [2.45, 2.75) is 18.9 Å². The van der Waals surface area contributed by atoms with E-state index in [1.807, 2.05) is 30.3 Å². The van der Waals surface area contributed by atoms with Gasteiger partial charge in [0.25, 0.3) is 0 Å². The zero-order valence-corrected chi connectivity index (χ0v) is 12.7. The molecule has 5 heteroatoms. The Balaban J connectivity index is 1.92. The number of benzene rings is 1. The van der Waals surface area contributed by atoms with Crippen LogP contribution in [0.2, 0.25) is 5.15 Å². The average molecular weight is 314 g/mol. The minimum absolute atomic E-state index is 0.370. The molecule has 0 amide bonds. The van der Waals surface area contributed by atoms with Crippen LogP contribution >= 0.6 is 11.6 Å². The van der Waals surface area contributed by atoms with E-state index in [1.54, 1.807) is 24.5 Å². The first-order valence-electron chi connectivity index (χ1n) is 7.10. The standard InChI is InChI=1S/C17H16ClN3O/c18-16-10-14(8-9-20-16)22-15(11-21-13-6-7-13)17(19)12-4-2-1-3-5-12/h1-5,8-11,13H,6-7,19H2/b17-15+,21-11?. The van der Waals surface area contributed by atoms with Crippen molar-refractivity contribution in [2.24, 2.45) is 10.7 Å². The van der Waals surface area contributed by atoms with Gasteiger partial charge in [-0.05, 0) is 18.9 Å². The van der Waals surface area contributed by atoms with E-state index < -0.39 is 0 Å². The fourth-order valence-corrected chi connectivity index (χ4v) is 2.05. The van der Waals surface area contributed by atoms with Gasteiger partial charge in [-0.1, -0.05) is 41.9 Å². The number of pyridine rings is 1. The topological polar surface area (TPSA) is 60.5 Å². The average Bonchev–Trinajstić information content (AvgIpc) is 3.36. The molecule has 0 bridgehead atoms. The summed E-state index contributed by atoms with van der Waals surface area (Å²) >= 11 is 5.89. The summed E-state index contributed by atoms with van der Waals surface area (Å²) in [6.45, 7) is 0. The number of hydrogen-bond donors (Lipinski definition) is 1. The molecule has 0 saturated heterocycles. The number of nitrogens with two attached hydrogens (primary N) is 1. The summed E-state index contributed by atoms with van der Waals surface area (Å²) in [6.07, 6.45) is 5.53. The second-order valence-electron chi connectivity index (χ2n) is 5.07. The Kier molecular flexibility index (Phi) is 4.39. The Labute approximate surface area is 134 Å². The van der Waals surface area contributed by atoms with Crippen LogP contribution < -0.4 is 10.5 Å². The van der Waals surface area contributed by atoms with Crippen LogP contribution in [0.5, 0.6) is 5.75 Å². The molecular weight excluding hydrogens is 298 g/mol. The van der Waals surface area contributed by atoms with E-state index in [4.69, 9.17) is 22.1 Å². The highest BCUT2D eigenvalue weighted by Gasteiger charge is 2.19. The van der Waals surface area contributed by atoms with Gasteiger partial charge in [0, 0.05) is 17.8 Å². The van der Waals surface area contributed by atoms with E-state index >= 15 is 0 Å². The zero-order chi connectivity index (χ0) is 15.4. The van der Waals surface area contributed by atoms with Gasteiger partial charge in [0.15, 0.2) is 5.76 Å². The molecule has 1 aliphatic rings. The Morgan fingerprint density at radius 3 is 2.73 bits per heavy atom. The summed E-state index contributed by atoms with van der Waals surface area (Å²) in [7, 11) is 0. The molecule has 2 N–H and O–H groups in total. The minimum atomic E-state index is 0.370. The highest BCUT2D eigenvalue weighted by atomic mass is 35.5. The van der Waals surface area contributed by atoms with Crippen molar-refractivity contribution in [3.05, 3.63) is 65.1 Å². The first-order chi connectivity index (χ1) is 10.7. The SMILES string of the molecule is N/C(=C(\C=NC1CC1)Oc1ccnc(Cl)c1)c1ccccc1. The number of ether oxygens (including phenoxy) is 1. The smallest absolute Gasteiger partial charge is 0.168 e. The van der Waals surface area contributed by atoms with Gasteiger partial charge < -0.3 is 10.5 Å². The van der Waals surface area contributed by atoms with Crippen LogP contribution in [0.4, 0.5) is 0 Å². The Bertz CT molecular complexity index is 709. The molecule has 0 unspecified atom stereocenters. The van der Waals surface area contributed by atoms with Crippen molar-refractivity contribution in [3.8, 4) is 5.75 Å². The molecule has 2 aromatic rings. The number of halogens is 1. The van der Waals surface area contributed by atoms with E-state index in [1.165, 1.54) is 0 Å². The summed E-state index contributed by atoms with van der Waals surface area (Å²) in [5.74, 6) is 1.09. The van der Waals surface area contributed by atoms with E-state index in [0.29, 0.717) is 28.4 Å². The second-order valence-corrected chi connectivity index (χ2v) is 5.46. The molecule has 1 fully saturated rings. The summed E-state index contributed by atoms with van der Waals surface area (Å²) in [5, 5.41) is 0.370.